The molecule has 2 nitrogen and oxygen atoms in total. The summed E-state index contributed by atoms with van der Waals surface area (Å²) in [5.74, 6) is 0.995. The largest absolute Gasteiger partial charge is 0.496 e. The third kappa shape index (κ3) is 2.47. The molecule has 2 N–H and O–H groups in total. The van der Waals surface area contributed by atoms with Crippen molar-refractivity contribution in [3.63, 3.8) is 0 Å². The van der Waals surface area contributed by atoms with Crippen LogP contribution in [-0.4, -0.2) is 13.2 Å². The average molecular weight is 293 g/mol. The second-order valence-corrected chi connectivity index (χ2v) is 4.56. The second-order valence-electron chi connectivity index (χ2n) is 3.71. The fourth-order valence-corrected chi connectivity index (χ4v) is 2.56. The van der Waals surface area contributed by atoms with Crippen LogP contribution in [0.4, 0.5) is 0 Å². The highest BCUT2D eigenvalue weighted by molar-refractivity contribution is 9.10. The molecule has 0 fully saturated rings. The van der Waals surface area contributed by atoms with Gasteiger partial charge in [0.2, 0.25) is 0 Å². The molecule has 1 unspecified atom stereocenters. The molecular formula is C11H15BrClNO. The topological polar surface area (TPSA) is 35.2 Å². The summed E-state index contributed by atoms with van der Waals surface area (Å²) in [6.07, 6.45) is 3.03. The number of methoxy groups -OCH3 is 1. The van der Waals surface area contributed by atoms with Crippen molar-refractivity contribution in [2.75, 3.05) is 7.11 Å². The zero-order valence-corrected chi connectivity index (χ0v) is 11.0. The van der Waals surface area contributed by atoms with Gasteiger partial charge in [-0.15, -0.1) is 12.4 Å². The van der Waals surface area contributed by atoms with Gasteiger partial charge in [0, 0.05) is 10.5 Å². The minimum Gasteiger partial charge on any atom is -0.496 e. The molecule has 0 aliphatic heterocycles. The smallest absolute Gasteiger partial charge is 0.122 e. The van der Waals surface area contributed by atoms with Crippen molar-refractivity contribution < 1.29 is 4.74 Å². The van der Waals surface area contributed by atoms with Gasteiger partial charge >= 0.3 is 0 Å². The summed E-state index contributed by atoms with van der Waals surface area (Å²) in [7, 11) is 1.72. The summed E-state index contributed by atoms with van der Waals surface area (Å²) in [6.45, 7) is 0. The van der Waals surface area contributed by atoms with Gasteiger partial charge in [0.05, 0.1) is 7.11 Å². The molecular weight excluding hydrogens is 277 g/mol. The lowest BCUT2D eigenvalue weighted by Gasteiger charge is -2.24. The Hall–Kier alpha value is -0.250. The van der Waals surface area contributed by atoms with Crippen molar-refractivity contribution in [2.45, 2.75) is 25.3 Å². The van der Waals surface area contributed by atoms with E-state index in [1.165, 1.54) is 11.1 Å². The molecule has 0 aromatic heterocycles. The van der Waals surface area contributed by atoms with Crippen LogP contribution in [0, 0.1) is 0 Å². The first-order valence-electron chi connectivity index (χ1n) is 4.82. The molecule has 1 atom stereocenters. The van der Waals surface area contributed by atoms with Crippen molar-refractivity contribution in [2.24, 2.45) is 5.73 Å². The molecule has 0 radical (unpaired) electrons. The normalized spacial score (nSPS) is 19.0. The van der Waals surface area contributed by atoms with Crippen LogP contribution in [0.3, 0.4) is 0 Å². The first-order valence-corrected chi connectivity index (χ1v) is 5.61. The van der Waals surface area contributed by atoms with Crippen molar-refractivity contribution in [1.29, 1.82) is 0 Å². The number of ether oxygens (including phenoxy) is 1. The molecule has 0 heterocycles. The molecule has 4 heteroatoms. The third-order valence-corrected chi connectivity index (χ3v) is 3.53. The van der Waals surface area contributed by atoms with E-state index >= 15 is 0 Å². The summed E-state index contributed by atoms with van der Waals surface area (Å²) in [4.78, 5) is 0. The lowest BCUT2D eigenvalue weighted by molar-refractivity contribution is 0.404. The van der Waals surface area contributed by atoms with Crippen LogP contribution >= 0.6 is 28.3 Å². The van der Waals surface area contributed by atoms with Gasteiger partial charge in [-0.3, -0.25) is 0 Å². The van der Waals surface area contributed by atoms with E-state index in [9.17, 15) is 0 Å². The van der Waals surface area contributed by atoms with Gasteiger partial charge in [0.1, 0.15) is 5.75 Å². The van der Waals surface area contributed by atoms with Crippen LogP contribution in [0.25, 0.3) is 0 Å². The molecule has 1 aliphatic carbocycles. The Bertz CT molecular complexity index is 357. The average Bonchev–Trinajstić information content (AvgIpc) is 2.19. The monoisotopic (exact) mass is 291 g/mol. The Balaban J connectivity index is 0.00000112. The van der Waals surface area contributed by atoms with Gasteiger partial charge in [-0.05, 0) is 42.5 Å². The number of halogens is 2. The highest BCUT2D eigenvalue weighted by Crippen LogP contribution is 2.34. The van der Waals surface area contributed by atoms with Crippen molar-refractivity contribution in [3.8, 4) is 5.75 Å². The van der Waals surface area contributed by atoms with Crippen LogP contribution < -0.4 is 10.5 Å². The van der Waals surface area contributed by atoms with Crippen molar-refractivity contribution in [1.82, 2.24) is 0 Å². The first kappa shape index (κ1) is 12.8. The van der Waals surface area contributed by atoms with Gasteiger partial charge in [-0.1, -0.05) is 15.9 Å². The predicted octanol–water partition coefficient (Wildman–Crippen LogP) is 2.70. The van der Waals surface area contributed by atoms with Crippen LogP contribution in [0.1, 0.15) is 17.5 Å². The number of benzene rings is 1. The summed E-state index contributed by atoms with van der Waals surface area (Å²) in [6, 6.07) is 4.35. The highest BCUT2D eigenvalue weighted by atomic mass is 79.9. The molecule has 0 bridgehead atoms. The van der Waals surface area contributed by atoms with Gasteiger partial charge < -0.3 is 10.5 Å². The maximum atomic E-state index is 5.95. The lowest BCUT2D eigenvalue weighted by atomic mass is 9.88. The molecule has 84 valence electrons. The van der Waals surface area contributed by atoms with Gasteiger partial charge in [0.15, 0.2) is 0 Å². The molecule has 1 aliphatic rings. The van der Waals surface area contributed by atoms with E-state index in [0.29, 0.717) is 6.04 Å². The Morgan fingerprint density at radius 2 is 2.13 bits per heavy atom. The van der Waals surface area contributed by atoms with Crippen LogP contribution in [0.15, 0.2) is 16.6 Å². The molecule has 1 aromatic carbocycles. The Morgan fingerprint density at radius 3 is 2.80 bits per heavy atom. The predicted molar refractivity (Wildman–Crippen MR) is 67.9 cm³/mol. The molecule has 2 rings (SSSR count). The maximum Gasteiger partial charge on any atom is 0.122 e. The zero-order valence-electron chi connectivity index (χ0n) is 8.63. The Labute approximate surface area is 105 Å². The van der Waals surface area contributed by atoms with E-state index in [0.717, 1.165) is 29.5 Å². The summed E-state index contributed by atoms with van der Waals surface area (Å²) in [5, 5.41) is 0. The van der Waals surface area contributed by atoms with E-state index in [1.54, 1.807) is 7.11 Å². The molecule has 1 aromatic rings. The van der Waals surface area contributed by atoms with Crippen LogP contribution in [0.2, 0.25) is 0 Å². The van der Waals surface area contributed by atoms with E-state index in [-0.39, 0.29) is 12.4 Å². The molecule has 0 saturated carbocycles. The summed E-state index contributed by atoms with van der Waals surface area (Å²) < 4.78 is 6.50. The third-order valence-electron chi connectivity index (χ3n) is 2.78. The molecule has 0 spiro atoms. The van der Waals surface area contributed by atoms with E-state index in [1.807, 2.05) is 12.1 Å². The summed E-state index contributed by atoms with van der Waals surface area (Å²) in [5.41, 5.74) is 8.59. The minimum atomic E-state index is 0. The van der Waals surface area contributed by atoms with Crippen LogP contribution in [-0.2, 0) is 12.8 Å². The number of rotatable bonds is 1. The van der Waals surface area contributed by atoms with E-state index in [4.69, 9.17) is 10.5 Å². The Morgan fingerprint density at radius 1 is 1.40 bits per heavy atom. The van der Waals surface area contributed by atoms with Crippen molar-refractivity contribution >= 4 is 28.3 Å². The maximum absolute atomic E-state index is 5.95. The lowest BCUT2D eigenvalue weighted by Crippen LogP contribution is -2.28. The fraction of sp³-hybridized carbons (Fsp3) is 0.455. The standard InChI is InChI=1S/C11H14BrNO.ClH/c1-14-11-5-4-10(12)9-6-7(13)2-3-8(9)11;/h4-5,7H,2-3,6,13H2,1H3;1H. The molecule has 0 saturated heterocycles. The first-order chi connectivity index (χ1) is 6.72. The zero-order chi connectivity index (χ0) is 10.1. The molecule has 15 heavy (non-hydrogen) atoms. The SMILES string of the molecule is COc1ccc(Br)c2c1CCC(N)C2.Cl. The Kier molecular flexibility index (Phi) is 4.44. The van der Waals surface area contributed by atoms with E-state index < -0.39 is 0 Å². The highest BCUT2D eigenvalue weighted by Gasteiger charge is 2.20. The second kappa shape index (κ2) is 5.19. The number of fused-ring (bicyclic) bond motifs is 1. The van der Waals surface area contributed by atoms with Gasteiger partial charge in [-0.25, -0.2) is 0 Å². The van der Waals surface area contributed by atoms with E-state index in [2.05, 4.69) is 15.9 Å². The molecule has 0 amide bonds. The van der Waals surface area contributed by atoms with Crippen molar-refractivity contribution in [3.05, 3.63) is 27.7 Å². The van der Waals surface area contributed by atoms with Gasteiger partial charge in [0.25, 0.3) is 0 Å². The number of nitrogens with two attached hydrogens (primary N) is 1. The van der Waals surface area contributed by atoms with Crippen LogP contribution in [0.5, 0.6) is 5.75 Å². The van der Waals surface area contributed by atoms with Gasteiger partial charge in [-0.2, -0.15) is 0 Å². The quantitative estimate of drug-likeness (QED) is 0.864. The summed E-state index contributed by atoms with van der Waals surface area (Å²) >= 11 is 3.56. The number of hydrogen-bond acceptors (Lipinski definition) is 2. The fourth-order valence-electron chi connectivity index (χ4n) is 2.02. The minimum absolute atomic E-state index is 0. The number of hydrogen-bond donors (Lipinski definition) is 1.